The maximum atomic E-state index is 13.8. The molecule has 1 saturated carbocycles. The van der Waals surface area contributed by atoms with E-state index in [9.17, 15) is 9.18 Å². The standard InChI is InChI=1S/C18H25FO3/c19-17(18(20)22-16-10-5-2-6-11-16)12-7-13-21-14-15-8-3-1-4-9-15/h1,3-4,8-9,16-17H,2,5-7,10-14H2/t17-/m0/s1. The second kappa shape index (κ2) is 9.57. The van der Waals surface area contributed by atoms with Gasteiger partial charge in [-0.1, -0.05) is 36.8 Å². The Kier molecular flexibility index (Phi) is 7.37. The molecule has 1 aromatic carbocycles. The lowest BCUT2D eigenvalue weighted by Gasteiger charge is -2.22. The van der Waals surface area contributed by atoms with E-state index in [-0.39, 0.29) is 12.5 Å². The molecule has 0 aromatic heterocycles. The summed E-state index contributed by atoms with van der Waals surface area (Å²) < 4.78 is 24.5. The van der Waals surface area contributed by atoms with Crippen molar-refractivity contribution >= 4 is 5.97 Å². The summed E-state index contributed by atoms with van der Waals surface area (Å²) >= 11 is 0. The molecule has 1 aromatic rings. The molecule has 0 unspecified atom stereocenters. The van der Waals surface area contributed by atoms with Gasteiger partial charge >= 0.3 is 5.97 Å². The van der Waals surface area contributed by atoms with Crippen LogP contribution in [0.1, 0.15) is 50.5 Å². The summed E-state index contributed by atoms with van der Waals surface area (Å²) in [6.07, 6.45) is 4.16. The predicted molar refractivity (Wildman–Crippen MR) is 83.2 cm³/mol. The molecule has 22 heavy (non-hydrogen) atoms. The van der Waals surface area contributed by atoms with Crippen molar-refractivity contribution in [3.63, 3.8) is 0 Å². The quantitative estimate of drug-likeness (QED) is 0.533. The van der Waals surface area contributed by atoms with Crippen molar-refractivity contribution in [3.8, 4) is 0 Å². The molecule has 0 spiro atoms. The third kappa shape index (κ3) is 6.14. The molecule has 0 N–H and O–H groups in total. The Morgan fingerprint density at radius 3 is 2.64 bits per heavy atom. The van der Waals surface area contributed by atoms with Crippen molar-refractivity contribution < 1.29 is 18.7 Å². The molecule has 0 radical (unpaired) electrons. The zero-order valence-electron chi connectivity index (χ0n) is 13.0. The van der Waals surface area contributed by atoms with Gasteiger partial charge in [-0.15, -0.1) is 0 Å². The van der Waals surface area contributed by atoms with Gasteiger partial charge in [0.2, 0.25) is 0 Å². The van der Waals surface area contributed by atoms with Crippen LogP contribution in [0.3, 0.4) is 0 Å². The van der Waals surface area contributed by atoms with E-state index in [2.05, 4.69) is 0 Å². The molecular weight excluding hydrogens is 283 g/mol. The third-order valence-corrected chi connectivity index (χ3v) is 3.95. The van der Waals surface area contributed by atoms with Crippen LogP contribution in [0, 0.1) is 0 Å². The molecule has 1 atom stereocenters. The third-order valence-electron chi connectivity index (χ3n) is 3.95. The lowest BCUT2D eigenvalue weighted by Crippen LogP contribution is -2.27. The molecule has 2 rings (SSSR count). The minimum atomic E-state index is -1.53. The van der Waals surface area contributed by atoms with E-state index in [1.54, 1.807) is 0 Å². The van der Waals surface area contributed by atoms with Crippen LogP contribution in [0.25, 0.3) is 0 Å². The van der Waals surface area contributed by atoms with Crippen molar-refractivity contribution in [1.29, 1.82) is 0 Å². The van der Waals surface area contributed by atoms with Gasteiger partial charge in [0.15, 0.2) is 6.17 Å². The van der Waals surface area contributed by atoms with Gasteiger partial charge in [-0.25, -0.2) is 9.18 Å². The number of ether oxygens (including phenoxy) is 2. The Balaban J connectivity index is 1.54. The van der Waals surface area contributed by atoms with Gasteiger partial charge in [0.05, 0.1) is 6.61 Å². The Morgan fingerprint density at radius 2 is 1.91 bits per heavy atom. The maximum Gasteiger partial charge on any atom is 0.340 e. The normalized spacial score (nSPS) is 17.1. The Bertz CT molecular complexity index is 429. The highest BCUT2D eigenvalue weighted by atomic mass is 19.1. The number of benzene rings is 1. The highest BCUT2D eigenvalue weighted by molar-refractivity contribution is 5.74. The molecule has 0 bridgehead atoms. The van der Waals surface area contributed by atoms with Crippen LogP contribution < -0.4 is 0 Å². The summed E-state index contributed by atoms with van der Waals surface area (Å²) in [6, 6.07) is 9.84. The number of carbonyl (C=O) groups excluding carboxylic acids is 1. The first-order valence-electron chi connectivity index (χ1n) is 8.22. The van der Waals surface area contributed by atoms with E-state index in [1.807, 2.05) is 30.3 Å². The van der Waals surface area contributed by atoms with Gasteiger partial charge < -0.3 is 9.47 Å². The highest BCUT2D eigenvalue weighted by Crippen LogP contribution is 2.21. The van der Waals surface area contributed by atoms with E-state index >= 15 is 0 Å². The highest BCUT2D eigenvalue weighted by Gasteiger charge is 2.23. The first-order chi connectivity index (χ1) is 10.8. The molecule has 4 heteroatoms. The number of hydrogen-bond acceptors (Lipinski definition) is 3. The van der Waals surface area contributed by atoms with Crippen molar-refractivity contribution in [1.82, 2.24) is 0 Å². The Hall–Kier alpha value is -1.42. The fraction of sp³-hybridized carbons (Fsp3) is 0.611. The number of halogens is 1. The molecule has 1 aliphatic rings. The topological polar surface area (TPSA) is 35.5 Å². The van der Waals surface area contributed by atoms with Crippen molar-refractivity contribution in [3.05, 3.63) is 35.9 Å². The Labute approximate surface area is 131 Å². The van der Waals surface area contributed by atoms with Gasteiger partial charge in [-0.2, -0.15) is 0 Å². The van der Waals surface area contributed by atoms with Crippen LogP contribution in [0.4, 0.5) is 4.39 Å². The van der Waals surface area contributed by atoms with E-state index in [4.69, 9.17) is 9.47 Å². The zero-order valence-corrected chi connectivity index (χ0v) is 13.0. The largest absolute Gasteiger partial charge is 0.460 e. The van der Waals surface area contributed by atoms with Gasteiger partial charge in [0.1, 0.15) is 6.10 Å². The van der Waals surface area contributed by atoms with Crippen molar-refractivity contribution in [2.75, 3.05) is 6.61 Å². The van der Waals surface area contributed by atoms with Crippen LogP contribution >= 0.6 is 0 Å². The average Bonchev–Trinajstić information content (AvgIpc) is 2.56. The number of esters is 1. The monoisotopic (exact) mass is 308 g/mol. The minimum Gasteiger partial charge on any atom is -0.460 e. The minimum absolute atomic E-state index is 0.0752. The van der Waals surface area contributed by atoms with E-state index in [0.29, 0.717) is 19.6 Å². The second-order valence-electron chi connectivity index (χ2n) is 5.84. The molecule has 3 nitrogen and oxygen atoms in total. The molecule has 1 aliphatic carbocycles. The molecular formula is C18H25FO3. The van der Waals surface area contributed by atoms with Gasteiger partial charge in [0, 0.05) is 6.61 Å². The van der Waals surface area contributed by atoms with E-state index < -0.39 is 12.1 Å². The lowest BCUT2D eigenvalue weighted by molar-refractivity contribution is -0.157. The first-order valence-corrected chi connectivity index (χ1v) is 8.22. The summed E-state index contributed by atoms with van der Waals surface area (Å²) in [5.41, 5.74) is 1.09. The summed E-state index contributed by atoms with van der Waals surface area (Å²) in [6.45, 7) is 0.969. The van der Waals surface area contributed by atoms with Gasteiger partial charge in [0.25, 0.3) is 0 Å². The molecule has 0 heterocycles. The van der Waals surface area contributed by atoms with Crippen LogP contribution in [0.5, 0.6) is 0 Å². The van der Waals surface area contributed by atoms with Crippen LogP contribution in [0.2, 0.25) is 0 Å². The van der Waals surface area contributed by atoms with Crippen molar-refractivity contribution in [2.24, 2.45) is 0 Å². The number of rotatable bonds is 8. The van der Waals surface area contributed by atoms with Gasteiger partial charge in [-0.05, 0) is 44.1 Å². The fourth-order valence-electron chi connectivity index (χ4n) is 2.67. The second-order valence-corrected chi connectivity index (χ2v) is 5.84. The first kappa shape index (κ1) is 16.9. The summed E-state index contributed by atoms with van der Waals surface area (Å²) in [5.74, 6) is -0.699. The average molecular weight is 308 g/mol. The Morgan fingerprint density at radius 1 is 1.18 bits per heavy atom. The summed E-state index contributed by atoms with van der Waals surface area (Å²) in [4.78, 5) is 11.7. The number of hydrogen-bond donors (Lipinski definition) is 0. The van der Waals surface area contributed by atoms with E-state index in [1.165, 1.54) is 6.42 Å². The van der Waals surface area contributed by atoms with Crippen LogP contribution in [-0.4, -0.2) is 24.9 Å². The van der Waals surface area contributed by atoms with Crippen LogP contribution in [-0.2, 0) is 20.9 Å². The maximum absolute atomic E-state index is 13.8. The lowest BCUT2D eigenvalue weighted by atomic mass is 9.98. The van der Waals surface area contributed by atoms with Crippen molar-refractivity contribution in [2.45, 2.75) is 63.8 Å². The molecule has 122 valence electrons. The molecule has 0 aliphatic heterocycles. The van der Waals surface area contributed by atoms with Gasteiger partial charge in [-0.3, -0.25) is 0 Å². The fourth-order valence-corrected chi connectivity index (χ4v) is 2.67. The summed E-state index contributed by atoms with van der Waals surface area (Å²) in [5, 5.41) is 0. The SMILES string of the molecule is O=C(OC1CCCCC1)[C@@H](F)CCCOCc1ccccc1. The smallest absolute Gasteiger partial charge is 0.340 e. The van der Waals surface area contributed by atoms with E-state index in [0.717, 1.165) is 31.2 Å². The number of carbonyl (C=O) groups is 1. The van der Waals surface area contributed by atoms with Crippen LogP contribution in [0.15, 0.2) is 30.3 Å². The summed E-state index contributed by atoms with van der Waals surface area (Å²) in [7, 11) is 0. The molecule has 0 amide bonds. The predicted octanol–water partition coefficient (Wildman–Crippen LogP) is 4.20. The number of alkyl halides is 1. The molecule has 0 saturated heterocycles. The zero-order chi connectivity index (χ0) is 15.6. The molecule has 1 fully saturated rings.